The summed E-state index contributed by atoms with van der Waals surface area (Å²) in [6, 6.07) is 1.44. The molecule has 7 nitrogen and oxygen atoms in total. The number of hydrogen-bond acceptors (Lipinski definition) is 5. The lowest BCUT2D eigenvalue weighted by atomic mass is 10.4. The summed E-state index contributed by atoms with van der Waals surface area (Å²) in [6.07, 6.45) is 2.33. The normalized spacial score (nSPS) is 22.1. The van der Waals surface area contributed by atoms with E-state index in [1.807, 2.05) is 0 Å². The maximum atomic E-state index is 11.8. The molecule has 0 aromatic carbocycles. The fourth-order valence-electron chi connectivity index (χ4n) is 1.48. The molecule has 1 aliphatic heterocycles. The van der Waals surface area contributed by atoms with Crippen LogP contribution in [0.25, 0.3) is 0 Å². The van der Waals surface area contributed by atoms with Crippen molar-refractivity contribution in [2.45, 2.75) is 10.9 Å². The number of nitrogens with one attached hydrogen (secondary N) is 2. The van der Waals surface area contributed by atoms with Crippen LogP contribution < -0.4 is 10.3 Å². The monoisotopic (exact) mass is 290 g/mol. The van der Waals surface area contributed by atoms with Gasteiger partial charge in [-0.3, -0.25) is 4.79 Å². The van der Waals surface area contributed by atoms with Gasteiger partial charge in [0.1, 0.15) is 0 Å². The highest BCUT2D eigenvalue weighted by molar-refractivity contribution is 7.94. The van der Waals surface area contributed by atoms with Gasteiger partial charge >= 0.3 is 0 Å². The molecule has 2 rings (SSSR count). The first kappa shape index (κ1) is 13.0. The van der Waals surface area contributed by atoms with Gasteiger partial charge in [0.25, 0.3) is 0 Å². The van der Waals surface area contributed by atoms with Gasteiger partial charge in [0.2, 0.25) is 15.6 Å². The molecule has 0 saturated carbocycles. The van der Waals surface area contributed by atoms with Crippen LogP contribution in [-0.4, -0.2) is 33.6 Å². The summed E-state index contributed by atoms with van der Waals surface area (Å²) in [7, 11) is -7.17. The predicted molar refractivity (Wildman–Crippen MR) is 64.1 cm³/mol. The fraction of sp³-hybridized carbons (Fsp3) is 0.222. The van der Waals surface area contributed by atoms with Crippen LogP contribution in [0.2, 0.25) is 0 Å². The van der Waals surface area contributed by atoms with Crippen molar-refractivity contribution in [3.8, 4) is 0 Å². The van der Waals surface area contributed by atoms with Crippen molar-refractivity contribution < 1.29 is 16.8 Å². The Morgan fingerprint density at radius 3 is 2.56 bits per heavy atom. The van der Waals surface area contributed by atoms with Gasteiger partial charge in [-0.15, -0.1) is 0 Å². The third kappa shape index (κ3) is 2.86. The molecule has 98 valence electrons. The van der Waals surface area contributed by atoms with Gasteiger partial charge < -0.3 is 4.98 Å². The van der Waals surface area contributed by atoms with Crippen molar-refractivity contribution in [1.82, 2.24) is 9.71 Å². The number of pyridine rings is 1. The van der Waals surface area contributed by atoms with Crippen molar-refractivity contribution in [2.75, 3.05) is 5.75 Å². The third-order valence-electron chi connectivity index (χ3n) is 2.30. The molecule has 0 saturated heterocycles. The average Bonchev–Trinajstić information content (AvgIpc) is 2.57. The molecule has 1 aromatic rings. The molecular weight excluding hydrogens is 280 g/mol. The molecule has 2 heterocycles. The number of hydrogen-bond donors (Lipinski definition) is 2. The van der Waals surface area contributed by atoms with E-state index in [1.165, 1.54) is 6.08 Å². The van der Waals surface area contributed by atoms with Gasteiger partial charge in [-0.25, -0.2) is 21.6 Å². The number of sulfone groups is 1. The summed E-state index contributed by atoms with van der Waals surface area (Å²) in [5.74, 6) is -0.296. The Morgan fingerprint density at radius 2 is 2.06 bits per heavy atom. The Labute approximate surface area is 104 Å². The lowest BCUT2D eigenvalue weighted by Gasteiger charge is -2.10. The van der Waals surface area contributed by atoms with Crippen molar-refractivity contribution in [3.05, 3.63) is 40.2 Å². The van der Waals surface area contributed by atoms with Crippen LogP contribution >= 0.6 is 0 Å². The van der Waals surface area contributed by atoms with Gasteiger partial charge in [-0.05, 0) is 6.07 Å². The van der Waals surface area contributed by atoms with Crippen LogP contribution in [0.4, 0.5) is 0 Å². The summed E-state index contributed by atoms with van der Waals surface area (Å²) >= 11 is 0. The average molecular weight is 290 g/mol. The van der Waals surface area contributed by atoms with Crippen molar-refractivity contribution in [2.24, 2.45) is 0 Å². The summed E-state index contributed by atoms with van der Waals surface area (Å²) < 4.78 is 48.2. The Bertz CT molecular complexity index is 725. The molecule has 1 aromatic heterocycles. The second kappa shape index (κ2) is 4.34. The SMILES string of the molecule is O=c1ccc(S(=O)(=O)NC2C=CS(=O)(=O)C2)c[nH]1. The highest BCUT2D eigenvalue weighted by atomic mass is 32.2. The van der Waals surface area contributed by atoms with Crippen LogP contribution in [0.1, 0.15) is 0 Å². The van der Waals surface area contributed by atoms with Gasteiger partial charge in [0.05, 0.1) is 16.7 Å². The molecule has 9 heteroatoms. The van der Waals surface area contributed by atoms with Crippen LogP contribution in [0, 0.1) is 0 Å². The van der Waals surface area contributed by atoms with E-state index in [0.29, 0.717) is 0 Å². The largest absolute Gasteiger partial charge is 0.328 e. The minimum atomic E-state index is -3.85. The van der Waals surface area contributed by atoms with E-state index >= 15 is 0 Å². The van der Waals surface area contributed by atoms with Gasteiger partial charge in [0.15, 0.2) is 9.84 Å². The van der Waals surface area contributed by atoms with Crippen LogP contribution in [0.5, 0.6) is 0 Å². The van der Waals surface area contributed by atoms with Crippen molar-refractivity contribution >= 4 is 19.9 Å². The summed E-state index contributed by atoms with van der Waals surface area (Å²) in [6.45, 7) is 0. The number of aromatic nitrogens is 1. The fourth-order valence-corrected chi connectivity index (χ4v) is 3.98. The maximum Gasteiger partial charge on any atom is 0.247 e. The quantitative estimate of drug-likeness (QED) is 0.738. The molecular formula is C9H10N2O5S2. The lowest BCUT2D eigenvalue weighted by Crippen LogP contribution is -2.35. The summed E-state index contributed by atoms with van der Waals surface area (Å²) in [4.78, 5) is 12.9. The van der Waals surface area contributed by atoms with E-state index in [-0.39, 0.29) is 10.6 Å². The molecule has 0 spiro atoms. The number of aromatic amines is 1. The Kier molecular flexibility index (Phi) is 3.13. The number of sulfonamides is 1. The van der Waals surface area contributed by atoms with E-state index < -0.39 is 31.5 Å². The first-order valence-electron chi connectivity index (χ1n) is 4.91. The third-order valence-corrected chi connectivity index (χ3v) is 5.19. The predicted octanol–water partition coefficient (Wildman–Crippen LogP) is -1.04. The second-order valence-electron chi connectivity index (χ2n) is 3.77. The van der Waals surface area contributed by atoms with E-state index in [1.54, 1.807) is 0 Å². The molecule has 1 atom stereocenters. The first-order valence-corrected chi connectivity index (χ1v) is 8.10. The zero-order chi connectivity index (χ0) is 13.4. The highest BCUT2D eigenvalue weighted by Gasteiger charge is 2.26. The zero-order valence-corrected chi connectivity index (χ0v) is 10.7. The van der Waals surface area contributed by atoms with Crippen LogP contribution in [0.3, 0.4) is 0 Å². The Balaban J connectivity index is 2.21. The van der Waals surface area contributed by atoms with E-state index in [2.05, 4.69) is 9.71 Å². The van der Waals surface area contributed by atoms with Crippen molar-refractivity contribution in [1.29, 1.82) is 0 Å². The minimum absolute atomic E-state index is 0.125. The molecule has 2 N–H and O–H groups in total. The zero-order valence-electron chi connectivity index (χ0n) is 9.03. The lowest BCUT2D eigenvalue weighted by molar-refractivity contribution is 0.574. The van der Waals surface area contributed by atoms with Gasteiger partial charge in [0, 0.05) is 17.7 Å². The van der Waals surface area contributed by atoms with E-state index in [0.717, 1.165) is 23.7 Å². The number of H-pyrrole nitrogens is 1. The molecule has 1 aliphatic rings. The van der Waals surface area contributed by atoms with Gasteiger partial charge in [-0.1, -0.05) is 6.08 Å². The molecule has 0 aliphatic carbocycles. The molecule has 18 heavy (non-hydrogen) atoms. The standard InChI is InChI=1S/C9H10N2O5S2/c12-9-2-1-8(5-10-9)18(15,16)11-7-3-4-17(13,14)6-7/h1-5,7,11H,6H2,(H,10,12). The topological polar surface area (TPSA) is 113 Å². The molecule has 0 bridgehead atoms. The summed E-state index contributed by atoms with van der Waals surface area (Å²) in [5.41, 5.74) is -0.419. The smallest absolute Gasteiger partial charge is 0.247 e. The van der Waals surface area contributed by atoms with Gasteiger partial charge in [-0.2, -0.15) is 0 Å². The van der Waals surface area contributed by atoms with Crippen LogP contribution in [0.15, 0.2) is 39.5 Å². The molecule has 0 fully saturated rings. The van der Waals surface area contributed by atoms with E-state index in [4.69, 9.17) is 0 Å². The molecule has 0 amide bonds. The van der Waals surface area contributed by atoms with Crippen LogP contribution in [-0.2, 0) is 19.9 Å². The van der Waals surface area contributed by atoms with Crippen molar-refractivity contribution in [3.63, 3.8) is 0 Å². The maximum absolute atomic E-state index is 11.8. The number of rotatable bonds is 3. The first-order chi connectivity index (χ1) is 8.28. The minimum Gasteiger partial charge on any atom is -0.328 e. The van der Waals surface area contributed by atoms with E-state index in [9.17, 15) is 21.6 Å². The molecule has 1 unspecified atom stereocenters. The summed E-state index contributed by atoms with van der Waals surface area (Å²) in [5, 5.41) is 0.979. The second-order valence-corrected chi connectivity index (χ2v) is 7.42. The Morgan fingerprint density at radius 1 is 1.33 bits per heavy atom. The molecule has 0 radical (unpaired) electrons. The Hall–Kier alpha value is -1.45. The highest BCUT2D eigenvalue weighted by Crippen LogP contribution is 2.12.